The second-order valence-electron chi connectivity index (χ2n) is 4.73. The van der Waals surface area contributed by atoms with Gasteiger partial charge in [0.05, 0.1) is 25.9 Å². The topological polar surface area (TPSA) is 58.9 Å². The number of hydrogen-bond donors (Lipinski definition) is 2. The highest BCUT2D eigenvalue weighted by Gasteiger charge is 2.41. The predicted molar refractivity (Wildman–Crippen MR) is 61.0 cm³/mol. The van der Waals surface area contributed by atoms with Gasteiger partial charge in [0.2, 0.25) is 0 Å². The molecule has 0 saturated carbocycles. The van der Waals surface area contributed by atoms with Gasteiger partial charge in [-0.2, -0.15) is 0 Å². The van der Waals surface area contributed by atoms with Crippen LogP contribution in [0.1, 0.15) is 33.6 Å². The molecule has 3 atom stereocenters. The van der Waals surface area contributed by atoms with Gasteiger partial charge in [0.15, 0.2) is 5.79 Å². The van der Waals surface area contributed by atoms with Crippen molar-refractivity contribution in [2.75, 3.05) is 19.8 Å². The molecule has 4 nitrogen and oxygen atoms in total. The summed E-state index contributed by atoms with van der Waals surface area (Å²) in [4.78, 5) is 0. The number of ether oxygens (including phenoxy) is 2. The van der Waals surface area contributed by atoms with Crippen LogP contribution in [0, 0.1) is 11.8 Å². The molecular weight excluding hydrogens is 208 g/mol. The van der Waals surface area contributed by atoms with E-state index in [1.165, 1.54) is 0 Å². The first-order valence-electron chi connectivity index (χ1n) is 6.12. The van der Waals surface area contributed by atoms with Crippen molar-refractivity contribution in [1.82, 2.24) is 0 Å². The molecule has 16 heavy (non-hydrogen) atoms. The van der Waals surface area contributed by atoms with Gasteiger partial charge in [-0.1, -0.05) is 20.8 Å². The van der Waals surface area contributed by atoms with Crippen molar-refractivity contribution >= 4 is 0 Å². The quantitative estimate of drug-likeness (QED) is 0.721. The second-order valence-corrected chi connectivity index (χ2v) is 4.73. The molecule has 4 heteroatoms. The molecule has 1 rings (SSSR count). The molecule has 0 aromatic heterocycles. The van der Waals surface area contributed by atoms with Gasteiger partial charge in [0, 0.05) is 5.92 Å². The fourth-order valence-electron chi connectivity index (χ4n) is 2.38. The van der Waals surface area contributed by atoms with E-state index in [2.05, 4.69) is 13.8 Å². The smallest absolute Gasteiger partial charge is 0.170 e. The number of rotatable bonds is 6. The lowest BCUT2D eigenvalue weighted by Gasteiger charge is -2.34. The van der Waals surface area contributed by atoms with Gasteiger partial charge in [-0.05, 0) is 18.8 Å². The fraction of sp³-hybridized carbons (Fsp3) is 1.00. The van der Waals surface area contributed by atoms with E-state index in [9.17, 15) is 5.11 Å². The molecule has 1 aliphatic heterocycles. The van der Waals surface area contributed by atoms with E-state index >= 15 is 0 Å². The number of aliphatic hydroxyl groups is 2. The minimum atomic E-state index is -0.655. The molecule has 96 valence electrons. The highest BCUT2D eigenvalue weighted by molar-refractivity contribution is 4.81. The van der Waals surface area contributed by atoms with Gasteiger partial charge < -0.3 is 19.7 Å². The Balaban J connectivity index is 2.52. The van der Waals surface area contributed by atoms with Gasteiger partial charge >= 0.3 is 0 Å². The first kappa shape index (κ1) is 13.9. The van der Waals surface area contributed by atoms with Crippen LogP contribution in [0.25, 0.3) is 0 Å². The van der Waals surface area contributed by atoms with Crippen molar-refractivity contribution in [3.8, 4) is 0 Å². The number of aliphatic hydroxyl groups excluding tert-OH is 2. The van der Waals surface area contributed by atoms with E-state index in [4.69, 9.17) is 14.6 Å². The molecule has 0 bridgehead atoms. The molecule has 1 fully saturated rings. The Morgan fingerprint density at radius 3 is 2.25 bits per heavy atom. The average Bonchev–Trinajstić information content (AvgIpc) is 2.77. The van der Waals surface area contributed by atoms with Crippen LogP contribution in [0.2, 0.25) is 0 Å². The highest BCUT2D eigenvalue weighted by Crippen LogP contribution is 2.35. The van der Waals surface area contributed by atoms with Crippen molar-refractivity contribution in [2.24, 2.45) is 11.8 Å². The predicted octanol–water partition coefficient (Wildman–Crippen LogP) is 1.16. The van der Waals surface area contributed by atoms with Crippen molar-refractivity contribution in [3.05, 3.63) is 0 Å². The zero-order valence-electron chi connectivity index (χ0n) is 10.5. The third-order valence-corrected chi connectivity index (χ3v) is 3.59. The van der Waals surface area contributed by atoms with Crippen LogP contribution >= 0.6 is 0 Å². The molecule has 2 N–H and O–H groups in total. The SMILES string of the molecule is CCC1([C@@H](C)C[C@H](C)[C@@H](O)CO)OCCO1. The molecule has 0 radical (unpaired) electrons. The minimum absolute atomic E-state index is 0.0521. The molecule has 0 aliphatic carbocycles. The summed E-state index contributed by atoms with van der Waals surface area (Å²) < 4.78 is 11.4. The lowest BCUT2D eigenvalue weighted by molar-refractivity contribution is -0.198. The van der Waals surface area contributed by atoms with E-state index in [0.717, 1.165) is 12.8 Å². The molecule has 0 amide bonds. The van der Waals surface area contributed by atoms with E-state index in [1.807, 2.05) is 6.92 Å². The zero-order chi connectivity index (χ0) is 12.2. The maximum absolute atomic E-state index is 9.54. The molecular formula is C12H24O4. The minimum Gasteiger partial charge on any atom is -0.394 e. The average molecular weight is 232 g/mol. The normalized spacial score (nSPS) is 25.3. The standard InChI is InChI=1S/C12H24O4/c1-4-12(15-5-6-16-12)10(3)7-9(2)11(14)8-13/h9-11,13-14H,4-8H2,1-3H3/t9-,10-,11-/m0/s1. The first-order valence-corrected chi connectivity index (χ1v) is 6.12. The van der Waals surface area contributed by atoms with Crippen LogP contribution in [-0.4, -0.2) is 41.9 Å². The summed E-state index contributed by atoms with van der Waals surface area (Å²) in [7, 11) is 0. The number of hydrogen-bond acceptors (Lipinski definition) is 4. The van der Waals surface area contributed by atoms with Gasteiger partial charge in [0.25, 0.3) is 0 Å². The second kappa shape index (κ2) is 5.96. The van der Waals surface area contributed by atoms with Crippen molar-refractivity contribution in [3.63, 3.8) is 0 Å². The van der Waals surface area contributed by atoms with Crippen molar-refractivity contribution < 1.29 is 19.7 Å². The third kappa shape index (κ3) is 2.94. The molecule has 0 unspecified atom stereocenters. The van der Waals surface area contributed by atoms with E-state index in [-0.39, 0.29) is 18.4 Å². The summed E-state index contributed by atoms with van der Waals surface area (Å²) in [6.45, 7) is 7.18. The maximum atomic E-state index is 9.54. The zero-order valence-corrected chi connectivity index (χ0v) is 10.5. The van der Waals surface area contributed by atoms with Crippen LogP contribution < -0.4 is 0 Å². The largest absolute Gasteiger partial charge is 0.394 e. The molecule has 1 saturated heterocycles. The van der Waals surface area contributed by atoms with Gasteiger partial charge in [-0.15, -0.1) is 0 Å². The molecule has 0 aromatic carbocycles. The van der Waals surface area contributed by atoms with Gasteiger partial charge in [0.1, 0.15) is 0 Å². The Bertz CT molecular complexity index is 201. The molecule has 1 heterocycles. The van der Waals surface area contributed by atoms with E-state index in [0.29, 0.717) is 13.2 Å². The van der Waals surface area contributed by atoms with Crippen molar-refractivity contribution in [2.45, 2.75) is 45.5 Å². The lowest BCUT2D eigenvalue weighted by atomic mass is 9.86. The Morgan fingerprint density at radius 1 is 1.25 bits per heavy atom. The summed E-state index contributed by atoms with van der Waals surface area (Å²) in [5, 5.41) is 18.4. The lowest BCUT2D eigenvalue weighted by Crippen LogP contribution is -2.39. The fourth-order valence-corrected chi connectivity index (χ4v) is 2.38. The van der Waals surface area contributed by atoms with Gasteiger partial charge in [-0.3, -0.25) is 0 Å². The Kier molecular flexibility index (Phi) is 5.18. The van der Waals surface area contributed by atoms with Crippen LogP contribution in [0.3, 0.4) is 0 Å². The van der Waals surface area contributed by atoms with Crippen LogP contribution in [0.15, 0.2) is 0 Å². The monoisotopic (exact) mass is 232 g/mol. The third-order valence-electron chi connectivity index (χ3n) is 3.59. The van der Waals surface area contributed by atoms with E-state index in [1.54, 1.807) is 0 Å². The Morgan fingerprint density at radius 2 is 1.81 bits per heavy atom. The Hall–Kier alpha value is -0.160. The molecule has 0 spiro atoms. The summed E-state index contributed by atoms with van der Waals surface area (Å²) in [6, 6.07) is 0. The summed E-state index contributed by atoms with van der Waals surface area (Å²) in [5.41, 5.74) is 0. The highest BCUT2D eigenvalue weighted by atomic mass is 16.7. The van der Waals surface area contributed by atoms with Gasteiger partial charge in [-0.25, -0.2) is 0 Å². The summed E-state index contributed by atoms with van der Waals surface area (Å²) in [6.07, 6.45) is 0.948. The summed E-state index contributed by atoms with van der Waals surface area (Å²) in [5.74, 6) is -0.212. The van der Waals surface area contributed by atoms with Crippen molar-refractivity contribution in [1.29, 1.82) is 0 Å². The molecule has 0 aromatic rings. The molecule has 1 aliphatic rings. The van der Waals surface area contributed by atoms with Crippen LogP contribution in [0.5, 0.6) is 0 Å². The van der Waals surface area contributed by atoms with Crippen LogP contribution in [-0.2, 0) is 9.47 Å². The first-order chi connectivity index (χ1) is 7.55. The summed E-state index contributed by atoms with van der Waals surface area (Å²) >= 11 is 0. The Labute approximate surface area is 97.6 Å². The van der Waals surface area contributed by atoms with E-state index < -0.39 is 11.9 Å². The maximum Gasteiger partial charge on any atom is 0.170 e. The van der Waals surface area contributed by atoms with Crippen LogP contribution in [0.4, 0.5) is 0 Å².